The van der Waals surface area contributed by atoms with Gasteiger partial charge in [0.05, 0.1) is 24.9 Å². The zero-order valence-electron chi connectivity index (χ0n) is 20.9. The molecule has 3 heterocycles. The molecule has 2 N–H and O–H groups in total. The molecule has 1 saturated heterocycles. The Morgan fingerprint density at radius 2 is 1.86 bits per heavy atom. The molecule has 1 saturated carbocycles. The molecule has 0 spiro atoms. The van der Waals surface area contributed by atoms with Crippen LogP contribution in [0.5, 0.6) is 5.88 Å². The molecule has 1 aliphatic heterocycles. The maximum Gasteiger partial charge on any atom is 0.391 e. The van der Waals surface area contributed by atoms with Crippen LogP contribution in [0, 0.1) is 23.6 Å². The van der Waals surface area contributed by atoms with E-state index in [-0.39, 0.29) is 71.4 Å². The lowest BCUT2D eigenvalue weighted by Crippen LogP contribution is -2.53. The number of piperidine rings is 1. The lowest BCUT2D eigenvalue weighted by atomic mass is 9.81. The van der Waals surface area contributed by atoms with Gasteiger partial charge >= 0.3 is 6.18 Å². The van der Waals surface area contributed by atoms with Crippen LogP contribution in [0.4, 0.5) is 17.6 Å². The van der Waals surface area contributed by atoms with E-state index in [1.165, 1.54) is 19.2 Å². The first-order valence-electron chi connectivity index (χ1n) is 12.4. The van der Waals surface area contributed by atoms with Crippen molar-refractivity contribution in [2.75, 3.05) is 13.7 Å². The molecule has 0 aromatic carbocycles. The van der Waals surface area contributed by atoms with Crippen LogP contribution in [0.15, 0.2) is 18.3 Å². The number of pyridine rings is 1. The minimum Gasteiger partial charge on any atom is -0.481 e. The van der Waals surface area contributed by atoms with Crippen LogP contribution in [0.3, 0.4) is 0 Å². The molecule has 2 aliphatic rings. The van der Waals surface area contributed by atoms with Gasteiger partial charge in [0.25, 0.3) is 5.91 Å². The minimum atomic E-state index is -4.19. The summed E-state index contributed by atoms with van der Waals surface area (Å²) in [6.45, 7) is 4.06. The Balaban J connectivity index is 1.37. The minimum absolute atomic E-state index is 0.0235. The fourth-order valence-corrected chi connectivity index (χ4v) is 5.32. The van der Waals surface area contributed by atoms with Crippen molar-refractivity contribution in [2.24, 2.45) is 17.8 Å². The first-order chi connectivity index (χ1) is 17.5. The van der Waals surface area contributed by atoms with Crippen molar-refractivity contribution in [3.63, 3.8) is 0 Å². The summed E-state index contributed by atoms with van der Waals surface area (Å²) in [7, 11) is 1.41. The van der Waals surface area contributed by atoms with E-state index in [4.69, 9.17) is 4.74 Å². The lowest BCUT2D eigenvalue weighted by molar-refractivity contribution is -0.182. The summed E-state index contributed by atoms with van der Waals surface area (Å²) in [5.74, 6) is -2.69. The summed E-state index contributed by atoms with van der Waals surface area (Å²) in [5.41, 5.74) is 0.563. The van der Waals surface area contributed by atoms with Crippen LogP contribution in [0.25, 0.3) is 11.3 Å². The number of aromatic nitrogens is 3. The van der Waals surface area contributed by atoms with E-state index in [9.17, 15) is 27.2 Å². The average molecular weight is 526 g/mol. The van der Waals surface area contributed by atoms with E-state index in [1.54, 1.807) is 4.90 Å². The number of hydrogen-bond donors (Lipinski definition) is 2. The second kappa shape index (κ2) is 10.7. The Kier molecular flexibility index (Phi) is 7.75. The van der Waals surface area contributed by atoms with Gasteiger partial charge in [-0.1, -0.05) is 6.92 Å². The van der Waals surface area contributed by atoms with Crippen molar-refractivity contribution in [1.82, 2.24) is 25.4 Å². The van der Waals surface area contributed by atoms with E-state index in [0.29, 0.717) is 25.8 Å². The van der Waals surface area contributed by atoms with Crippen LogP contribution in [0.2, 0.25) is 0 Å². The number of rotatable bonds is 5. The van der Waals surface area contributed by atoms with Crippen molar-refractivity contribution in [2.45, 2.75) is 64.2 Å². The van der Waals surface area contributed by atoms with Gasteiger partial charge in [-0.15, -0.1) is 0 Å². The topological polar surface area (TPSA) is 100 Å². The number of methoxy groups -OCH3 is 1. The summed E-state index contributed by atoms with van der Waals surface area (Å²) in [6.07, 6.45) is -2.08. The van der Waals surface area contributed by atoms with Gasteiger partial charge in [-0.05, 0) is 51.0 Å². The summed E-state index contributed by atoms with van der Waals surface area (Å²) in [6, 6.07) is 2.34. The van der Waals surface area contributed by atoms with Gasteiger partial charge in [-0.25, -0.2) is 9.37 Å². The maximum atomic E-state index is 14.3. The molecule has 2 aromatic rings. The molecule has 2 amide bonds. The highest BCUT2D eigenvalue weighted by atomic mass is 19.4. The number of alkyl halides is 3. The fourth-order valence-electron chi connectivity index (χ4n) is 5.32. The molecule has 2 aromatic heterocycles. The van der Waals surface area contributed by atoms with E-state index >= 15 is 0 Å². The van der Waals surface area contributed by atoms with E-state index < -0.39 is 17.9 Å². The number of halogens is 4. The van der Waals surface area contributed by atoms with Crippen LogP contribution >= 0.6 is 0 Å². The molecule has 0 bridgehead atoms. The van der Waals surface area contributed by atoms with Gasteiger partial charge in [0.1, 0.15) is 5.69 Å². The molecule has 1 aliphatic carbocycles. The Hall–Kier alpha value is -3.18. The number of nitrogens with zero attached hydrogens (tertiary/aromatic N) is 3. The summed E-state index contributed by atoms with van der Waals surface area (Å²) in [4.78, 5) is 31.7. The first kappa shape index (κ1) is 26.9. The van der Waals surface area contributed by atoms with Crippen molar-refractivity contribution >= 4 is 11.8 Å². The highest BCUT2D eigenvalue weighted by molar-refractivity contribution is 5.94. The predicted molar refractivity (Wildman–Crippen MR) is 126 cm³/mol. The van der Waals surface area contributed by atoms with Crippen molar-refractivity contribution in [3.05, 3.63) is 29.8 Å². The Morgan fingerprint density at radius 1 is 1.16 bits per heavy atom. The number of ether oxygens (including phenoxy) is 1. The smallest absolute Gasteiger partial charge is 0.391 e. The number of nitrogens with one attached hydrogen (secondary N) is 2. The van der Waals surface area contributed by atoms with Crippen LogP contribution < -0.4 is 10.1 Å². The fraction of sp³-hybridized carbons (Fsp3) is 0.600. The third kappa shape index (κ3) is 5.88. The molecular formula is C25H31F4N5O3. The average Bonchev–Trinajstić information content (AvgIpc) is 3.35. The molecule has 37 heavy (non-hydrogen) atoms. The summed E-state index contributed by atoms with van der Waals surface area (Å²) >= 11 is 0. The van der Waals surface area contributed by atoms with Gasteiger partial charge in [0.2, 0.25) is 11.8 Å². The molecule has 3 atom stereocenters. The second-order valence-corrected chi connectivity index (χ2v) is 10.1. The van der Waals surface area contributed by atoms with E-state index in [1.807, 2.05) is 13.8 Å². The number of H-pyrrole nitrogens is 1. The predicted octanol–water partition coefficient (Wildman–Crippen LogP) is 4.34. The normalized spacial score (nSPS) is 26.6. The molecule has 2 fully saturated rings. The third-order valence-corrected chi connectivity index (χ3v) is 7.56. The van der Waals surface area contributed by atoms with E-state index in [0.717, 1.165) is 6.20 Å². The molecule has 4 rings (SSSR count). The number of amides is 2. The molecular weight excluding hydrogens is 494 g/mol. The molecule has 1 unspecified atom stereocenters. The van der Waals surface area contributed by atoms with Crippen molar-refractivity contribution in [1.29, 1.82) is 0 Å². The zero-order chi connectivity index (χ0) is 26.9. The Labute approximate surface area is 212 Å². The zero-order valence-corrected chi connectivity index (χ0v) is 20.9. The van der Waals surface area contributed by atoms with Crippen LogP contribution in [0.1, 0.15) is 56.4 Å². The number of carbonyl (C=O) groups excluding carboxylic acids is 2. The van der Waals surface area contributed by atoms with Crippen molar-refractivity contribution < 1.29 is 31.9 Å². The Bertz CT molecular complexity index is 1130. The second-order valence-electron chi connectivity index (χ2n) is 10.1. The largest absolute Gasteiger partial charge is 0.481 e. The monoisotopic (exact) mass is 525 g/mol. The van der Waals surface area contributed by atoms with Gasteiger partial charge in [0, 0.05) is 36.2 Å². The number of aromatic amines is 1. The highest BCUT2D eigenvalue weighted by Crippen LogP contribution is 2.38. The van der Waals surface area contributed by atoms with Crippen LogP contribution in [-0.4, -0.2) is 63.8 Å². The quantitative estimate of drug-likeness (QED) is 0.566. The number of likely N-dealkylation sites (tertiary alicyclic amines) is 1. The molecule has 12 heteroatoms. The third-order valence-electron chi connectivity index (χ3n) is 7.56. The van der Waals surface area contributed by atoms with Gasteiger partial charge in [0.15, 0.2) is 5.82 Å². The summed E-state index contributed by atoms with van der Waals surface area (Å²) < 4.78 is 58.1. The van der Waals surface area contributed by atoms with Gasteiger partial charge < -0.3 is 15.0 Å². The molecule has 202 valence electrons. The number of carbonyl (C=O) groups is 2. The standard InChI is InChI=1S/C25H31F4N5O3/c1-13-12-34(24(36)21-10-20(32-33-21)18-9-22(37-3)30-11-19(18)26)14(2)8-17(13)23(35)31-16-6-4-15(5-7-16)25(27,28)29/h9-11,13-17H,4-8,12H2,1-3H3,(H,31,35)(H,32,33)/t13-,14-,15?,16?,17?/m0/s1. The lowest BCUT2D eigenvalue weighted by Gasteiger charge is -2.41. The van der Waals surface area contributed by atoms with E-state index in [2.05, 4.69) is 20.5 Å². The first-order valence-corrected chi connectivity index (χ1v) is 12.4. The van der Waals surface area contributed by atoms with Gasteiger partial charge in [-0.2, -0.15) is 18.3 Å². The number of hydrogen-bond acceptors (Lipinski definition) is 5. The maximum absolute atomic E-state index is 14.3. The molecule has 8 nitrogen and oxygen atoms in total. The van der Waals surface area contributed by atoms with Gasteiger partial charge in [-0.3, -0.25) is 14.7 Å². The molecule has 0 radical (unpaired) electrons. The highest BCUT2D eigenvalue weighted by Gasteiger charge is 2.43. The summed E-state index contributed by atoms with van der Waals surface area (Å²) in [5, 5.41) is 9.70. The SMILES string of the molecule is COc1cc(-c2cc(C(=O)N3C[C@H](C)C(C(=O)NC4CCC(C(F)(F)F)CC4)C[C@@H]3C)[nH]n2)c(F)cn1. The van der Waals surface area contributed by atoms with Crippen LogP contribution in [-0.2, 0) is 4.79 Å². The Morgan fingerprint density at radius 3 is 2.51 bits per heavy atom. The van der Waals surface area contributed by atoms with Crippen molar-refractivity contribution in [3.8, 4) is 17.1 Å².